The fraction of sp³-hybridized carbons (Fsp3) is 0.500. The maximum atomic E-state index is 12.2. The molecule has 136 valence electrons. The number of ether oxygens (including phenoxy) is 1. The van der Waals surface area contributed by atoms with Crippen LogP contribution in [0.4, 0.5) is 0 Å². The van der Waals surface area contributed by atoms with Gasteiger partial charge < -0.3 is 9.64 Å². The molecule has 0 saturated heterocycles. The van der Waals surface area contributed by atoms with Gasteiger partial charge in [0.25, 0.3) is 0 Å². The summed E-state index contributed by atoms with van der Waals surface area (Å²) in [4.78, 5) is 18.6. The van der Waals surface area contributed by atoms with Crippen molar-refractivity contribution in [3.05, 3.63) is 44.9 Å². The molecule has 1 amide bonds. The highest BCUT2D eigenvalue weighted by atomic mass is 32.1. The summed E-state index contributed by atoms with van der Waals surface area (Å²) in [6, 6.07) is 4.23. The second kappa shape index (κ2) is 8.48. The molecule has 0 radical (unpaired) electrons. The maximum Gasteiger partial charge on any atom is 0.225 e. The smallest absolute Gasteiger partial charge is 0.225 e. The number of nitrogens with zero attached hydrogens (tertiary/aromatic N) is 2. The molecule has 0 atom stereocenters. The van der Waals surface area contributed by atoms with Crippen LogP contribution in [0, 0.1) is 26.7 Å². The Labute approximate surface area is 154 Å². The van der Waals surface area contributed by atoms with Gasteiger partial charge in [-0.25, -0.2) is 4.98 Å². The van der Waals surface area contributed by atoms with Crippen LogP contribution in [0.2, 0.25) is 0 Å². The van der Waals surface area contributed by atoms with Gasteiger partial charge in [0.15, 0.2) is 0 Å². The predicted octanol–water partition coefficient (Wildman–Crippen LogP) is 4.65. The van der Waals surface area contributed by atoms with Crippen LogP contribution < -0.4 is 4.74 Å². The Morgan fingerprint density at radius 3 is 2.64 bits per heavy atom. The van der Waals surface area contributed by atoms with E-state index in [-0.39, 0.29) is 11.8 Å². The molecule has 0 fully saturated rings. The van der Waals surface area contributed by atoms with E-state index in [0.29, 0.717) is 19.7 Å². The number of aryl methyl sites for hydroxylation is 2. The van der Waals surface area contributed by atoms with Gasteiger partial charge in [0.2, 0.25) is 5.91 Å². The third-order valence-electron chi connectivity index (χ3n) is 4.25. The summed E-state index contributed by atoms with van der Waals surface area (Å²) in [5, 5.41) is 2.95. The van der Waals surface area contributed by atoms with E-state index in [0.717, 1.165) is 16.5 Å². The minimum atomic E-state index is 0.00826. The highest BCUT2D eigenvalue weighted by Crippen LogP contribution is 2.25. The number of hydrogen-bond donors (Lipinski definition) is 0. The van der Waals surface area contributed by atoms with Crippen molar-refractivity contribution in [2.75, 3.05) is 6.54 Å². The largest absolute Gasteiger partial charge is 0.486 e. The summed E-state index contributed by atoms with van der Waals surface area (Å²) in [5.41, 5.74) is 4.53. The number of thiazole rings is 1. The van der Waals surface area contributed by atoms with Crippen molar-refractivity contribution >= 4 is 17.2 Å². The molecule has 0 saturated carbocycles. The van der Waals surface area contributed by atoms with Crippen molar-refractivity contribution in [3.63, 3.8) is 0 Å². The zero-order valence-electron chi connectivity index (χ0n) is 16.0. The topological polar surface area (TPSA) is 42.4 Å². The molecule has 1 aromatic carbocycles. The molecule has 0 spiro atoms. The lowest BCUT2D eigenvalue weighted by molar-refractivity contribution is -0.134. The van der Waals surface area contributed by atoms with Crippen LogP contribution in [-0.4, -0.2) is 22.3 Å². The molecule has 0 aliphatic carbocycles. The van der Waals surface area contributed by atoms with E-state index in [4.69, 9.17) is 4.74 Å². The first-order valence-corrected chi connectivity index (χ1v) is 9.62. The van der Waals surface area contributed by atoms with Crippen LogP contribution >= 0.6 is 11.3 Å². The van der Waals surface area contributed by atoms with Crippen molar-refractivity contribution in [3.8, 4) is 5.75 Å². The van der Waals surface area contributed by atoms with Crippen LogP contribution in [0.25, 0.3) is 0 Å². The highest BCUT2D eigenvalue weighted by Gasteiger charge is 2.17. The van der Waals surface area contributed by atoms with Gasteiger partial charge in [0.05, 0.1) is 12.2 Å². The van der Waals surface area contributed by atoms with Crippen molar-refractivity contribution in [1.82, 2.24) is 9.88 Å². The maximum absolute atomic E-state index is 12.2. The van der Waals surface area contributed by atoms with Gasteiger partial charge in [-0.15, -0.1) is 11.3 Å². The second-order valence-electron chi connectivity index (χ2n) is 6.73. The summed E-state index contributed by atoms with van der Waals surface area (Å²) in [6.07, 6.45) is 0. The first-order chi connectivity index (χ1) is 11.8. The van der Waals surface area contributed by atoms with Gasteiger partial charge in [0.1, 0.15) is 17.4 Å². The van der Waals surface area contributed by atoms with Gasteiger partial charge in [0, 0.05) is 17.8 Å². The van der Waals surface area contributed by atoms with Crippen molar-refractivity contribution in [1.29, 1.82) is 0 Å². The lowest BCUT2D eigenvalue weighted by Gasteiger charge is -2.21. The number of amides is 1. The molecule has 0 aliphatic rings. The predicted molar refractivity (Wildman–Crippen MR) is 103 cm³/mol. The number of rotatable bonds is 7. The standard InChI is InChI=1S/C20H28N2O2S/c1-7-22(20(23)13(2)3)10-17-12-25-19(21-17)11-24-18-9-14(4)8-15(5)16(18)6/h8-9,12-13H,7,10-11H2,1-6H3. The molecule has 0 aliphatic heterocycles. The highest BCUT2D eigenvalue weighted by molar-refractivity contribution is 7.09. The van der Waals surface area contributed by atoms with Gasteiger partial charge in [-0.2, -0.15) is 0 Å². The Morgan fingerprint density at radius 2 is 2.00 bits per heavy atom. The average Bonchev–Trinajstić information content (AvgIpc) is 3.01. The summed E-state index contributed by atoms with van der Waals surface area (Å²) < 4.78 is 5.98. The third kappa shape index (κ3) is 5.05. The summed E-state index contributed by atoms with van der Waals surface area (Å²) >= 11 is 1.58. The molecular weight excluding hydrogens is 332 g/mol. The minimum absolute atomic E-state index is 0.00826. The molecule has 5 heteroatoms. The molecule has 4 nitrogen and oxygen atoms in total. The van der Waals surface area contributed by atoms with E-state index in [9.17, 15) is 4.79 Å². The number of aromatic nitrogens is 1. The van der Waals surface area contributed by atoms with Gasteiger partial charge in [-0.1, -0.05) is 19.9 Å². The zero-order chi connectivity index (χ0) is 18.6. The number of carbonyl (C=O) groups is 1. The zero-order valence-corrected chi connectivity index (χ0v) is 16.9. The van der Waals surface area contributed by atoms with Crippen LogP contribution in [0.15, 0.2) is 17.5 Å². The fourth-order valence-corrected chi connectivity index (χ4v) is 3.38. The Hall–Kier alpha value is -1.88. The first kappa shape index (κ1) is 19.4. The normalized spacial score (nSPS) is 11.0. The number of hydrogen-bond acceptors (Lipinski definition) is 4. The quantitative estimate of drug-likeness (QED) is 0.722. The first-order valence-electron chi connectivity index (χ1n) is 8.74. The fourth-order valence-electron chi connectivity index (χ4n) is 2.68. The molecule has 2 rings (SSSR count). The Morgan fingerprint density at radius 1 is 1.28 bits per heavy atom. The lowest BCUT2D eigenvalue weighted by atomic mass is 10.1. The van der Waals surface area contributed by atoms with E-state index >= 15 is 0 Å². The molecule has 1 heterocycles. The van der Waals surface area contributed by atoms with Crippen LogP contribution in [-0.2, 0) is 17.9 Å². The molecular formula is C20H28N2O2S. The van der Waals surface area contributed by atoms with Crippen molar-refractivity contribution in [2.45, 2.75) is 54.7 Å². The van der Waals surface area contributed by atoms with Crippen LogP contribution in [0.5, 0.6) is 5.75 Å². The van der Waals surface area contributed by atoms with Gasteiger partial charge in [-0.05, 0) is 50.5 Å². The molecule has 0 bridgehead atoms. The molecule has 0 unspecified atom stereocenters. The van der Waals surface area contributed by atoms with Crippen molar-refractivity contribution < 1.29 is 9.53 Å². The molecule has 25 heavy (non-hydrogen) atoms. The van der Waals surface area contributed by atoms with E-state index in [1.807, 2.05) is 31.1 Å². The Kier molecular flexibility index (Phi) is 6.59. The average molecular weight is 361 g/mol. The number of carbonyl (C=O) groups excluding carboxylic acids is 1. The third-order valence-corrected chi connectivity index (χ3v) is 5.13. The monoisotopic (exact) mass is 360 g/mol. The molecule has 2 aromatic rings. The lowest BCUT2D eigenvalue weighted by Crippen LogP contribution is -2.33. The summed E-state index contributed by atoms with van der Waals surface area (Å²) in [5.74, 6) is 1.09. The van der Waals surface area contributed by atoms with E-state index in [1.54, 1.807) is 11.3 Å². The minimum Gasteiger partial charge on any atom is -0.486 e. The molecule has 1 aromatic heterocycles. The SMILES string of the molecule is CCN(Cc1csc(COc2cc(C)cc(C)c2C)n1)C(=O)C(C)C. The second-order valence-corrected chi connectivity index (χ2v) is 7.68. The summed E-state index contributed by atoms with van der Waals surface area (Å²) in [6.45, 7) is 13.8. The Balaban J connectivity index is 2.01. The Bertz CT molecular complexity index is 737. The summed E-state index contributed by atoms with van der Waals surface area (Å²) in [7, 11) is 0. The van der Waals surface area contributed by atoms with E-state index < -0.39 is 0 Å². The van der Waals surface area contributed by atoms with E-state index in [1.165, 1.54) is 16.7 Å². The number of benzene rings is 1. The van der Waals surface area contributed by atoms with Crippen molar-refractivity contribution in [2.24, 2.45) is 5.92 Å². The van der Waals surface area contributed by atoms with E-state index in [2.05, 4.69) is 37.9 Å². The van der Waals surface area contributed by atoms with Gasteiger partial charge >= 0.3 is 0 Å². The van der Waals surface area contributed by atoms with Crippen LogP contribution in [0.1, 0.15) is 48.2 Å². The molecule has 0 N–H and O–H groups in total. The van der Waals surface area contributed by atoms with Gasteiger partial charge in [-0.3, -0.25) is 4.79 Å². The van der Waals surface area contributed by atoms with Crippen LogP contribution in [0.3, 0.4) is 0 Å².